The second-order valence-electron chi connectivity index (χ2n) is 8.99. The van der Waals surface area contributed by atoms with E-state index in [0.717, 1.165) is 12.8 Å². The number of benzene rings is 1. The molecule has 1 aromatic carbocycles. The Morgan fingerprint density at radius 1 is 1.14 bits per heavy atom. The molecule has 0 aliphatic rings. The van der Waals surface area contributed by atoms with E-state index < -0.39 is 16.1 Å². The minimum absolute atomic E-state index is 0.0147. The van der Waals surface area contributed by atoms with E-state index in [1.807, 2.05) is 13.8 Å². The van der Waals surface area contributed by atoms with Gasteiger partial charge in [0, 0.05) is 26.3 Å². The Balaban J connectivity index is 2.08. The topological polar surface area (TPSA) is 159 Å². The first-order valence-electron chi connectivity index (χ1n) is 12.7. The second-order valence-corrected chi connectivity index (χ2v) is 10.7. The molecule has 3 aromatic rings. The third kappa shape index (κ3) is 6.95. The summed E-state index contributed by atoms with van der Waals surface area (Å²) in [6, 6.07) is 3.97. The van der Waals surface area contributed by atoms with Crippen LogP contribution in [0.1, 0.15) is 58.1 Å². The number of aromatic nitrogens is 4. The Morgan fingerprint density at radius 3 is 2.59 bits per heavy atom. The Labute approximate surface area is 217 Å². The Bertz CT molecular complexity index is 1350. The van der Waals surface area contributed by atoms with Crippen LogP contribution in [0.2, 0.25) is 0 Å². The van der Waals surface area contributed by atoms with Gasteiger partial charge in [0.2, 0.25) is 10.0 Å². The lowest BCUT2D eigenvalue weighted by Crippen LogP contribution is -2.35. The highest BCUT2D eigenvalue weighted by atomic mass is 32.2. The van der Waals surface area contributed by atoms with Crippen molar-refractivity contribution in [1.29, 1.82) is 0 Å². The van der Waals surface area contributed by atoms with Gasteiger partial charge in [-0.25, -0.2) is 18.1 Å². The molecule has 12 heteroatoms. The molecule has 0 radical (unpaired) electrons. The number of aliphatic hydroxyl groups excluding tert-OH is 2. The highest BCUT2D eigenvalue weighted by Crippen LogP contribution is 2.31. The van der Waals surface area contributed by atoms with Crippen molar-refractivity contribution < 1.29 is 23.4 Å². The van der Waals surface area contributed by atoms with Crippen LogP contribution in [-0.4, -0.2) is 64.2 Å². The van der Waals surface area contributed by atoms with Crippen molar-refractivity contribution >= 4 is 21.1 Å². The molecule has 0 amide bonds. The molecule has 0 fully saturated rings. The lowest BCUT2D eigenvalue weighted by atomic mass is 10.1. The predicted octanol–water partition coefficient (Wildman–Crippen LogP) is 2.26. The Morgan fingerprint density at radius 2 is 1.92 bits per heavy atom. The molecule has 0 spiro atoms. The number of aromatic amines is 1. The summed E-state index contributed by atoms with van der Waals surface area (Å²) < 4.78 is 36.6. The molecule has 1 unspecified atom stereocenters. The molecule has 11 nitrogen and oxygen atoms in total. The average Bonchev–Trinajstić information content (AvgIpc) is 3.18. The number of H-pyrrole nitrogens is 1. The van der Waals surface area contributed by atoms with E-state index in [9.17, 15) is 18.3 Å². The van der Waals surface area contributed by atoms with Gasteiger partial charge < -0.3 is 19.9 Å². The number of fused-ring (bicyclic) bond motifs is 1. The smallest absolute Gasteiger partial charge is 0.277 e. The first kappa shape index (κ1) is 28.8. The zero-order valence-electron chi connectivity index (χ0n) is 21.7. The fourth-order valence-electron chi connectivity index (χ4n) is 4.19. The van der Waals surface area contributed by atoms with Gasteiger partial charge in [-0.05, 0) is 56.7 Å². The number of aryl methyl sites for hydroxylation is 2. The molecular weight excluding hydrogens is 498 g/mol. The number of nitrogens with zero attached hydrogens (tertiary/aromatic N) is 3. The van der Waals surface area contributed by atoms with E-state index >= 15 is 0 Å². The van der Waals surface area contributed by atoms with E-state index in [2.05, 4.69) is 19.8 Å². The van der Waals surface area contributed by atoms with Gasteiger partial charge >= 0.3 is 0 Å². The fraction of sp³-hybridized carbons (Fsp3) is 0.560. The maximum atomic E-state index is 13.3. The standard InChI is InChI=1S/C25H37N5O6S/c1-4-8-20-22-23(30(3)28-20)25(33)27-24(26-22)19-16-18(10-11-21(19)36-15-5-2)37(34,35)29-17(12-14-32)9-6-7-13-31/h10-11,16-17,29,31-32H,4-9,12-15H2,1-3H3,(H,26,27,33). The summed E-state index contributed by atoms with van der Waals surface area (Å²) in [7, 11) is -2.28. The van der Waals surface area contributed by atoms with Crippen molar-refractivity contribution in [1.82, 2.24) is 24.5 Å². The molecule has 0 bridgehead atoms. The maximum Gasteiger partial charge on any atom is 0.277 e. The summed E-state index contributed by atoms with van der Waals surface area (Å²) in [6.07, 6.45) is 4.12. The van der Waals surface area contributed by atoms with Crippen molar-refractivity contribution in [2.45, 2.75) is 69.7 Å². The third-order valence-electron chi connectivity index (χ3n) is 5.99. The zero-order valence-corrected chi connectivity index (χ0v) is 22.5. The molecule has 2 heterocycles. The second kappa shape index (κ2) is 13.1. The lowest BCUT2D eigenvalue weighted by Gasteiger charge is -2.19. The molecule has 0 aliphatic heterocycles. The minimum atomic E-state index is -3.97. The molecule has 3 rings (SSSR count). The molecule has 204 valence electrons. The normalized spacial score (nSPS) is 12.8. The van der Waals surface area contributed by atoms with E-state index in [-0.39, 0.29) is 35.9 Å². The molecule has 4 N–H and O–H groups in total. The van der Waals surface area contributed by atoms with Crippen LogP contribution in [0, 0.1) is 0 Å². The van der Waals surface area contributed by atoms with E-state index in [1.165, 1.54) is 16.8 Å². The van der Waals surface area contributed by atoms with Crippen molar-refractivity contribution in [3.63, 3.8) is 0 Å². The van der Waals surface area contributed by atoms with Crippen LogP contribution in [-0.2, 0) is 23.5 Å². The summed E-state index contributed by atoms with van der Waals surface area (Å²) >= 11 is 0. The van der Waals surface area contributed by atoms with Crippen molar-refractivity contribution in [3.05, 3.63) is 34.2 Å². The summed E-state index contributed by atoms with van der Waals surface area (Å²) in [5.74, 6) is 0.597. The number of ether oxygens (including phenoxy) is 1. The van der Waals surface area contributed by atoms with E-state index in [4.69, 9.17) is 9.84 Å². The van der Waals surface area contributed by atoms with Crippen LogP contribution >= 0.6 is 0 Å². The highest BCUT2D eigenvalue weighted by molar-refractivity contribution is 7.89. The van der Waals surface area contributed by atoms with Crippen molar-refractivity contribution in [3.8, 4) is 17.1 Å². The van der Waals surface area contributed by atoms with Gasteiger partial charge in [0.1, 0.15) is 17.1 Å². The lowest BCUT2D eigenvalue weighted by molar-refractivity contribution is 0.258. The number of rotatable bonds is 15. The number of hydrogen-bond acceptors (Lipinski definition) is 8. The van der Waals surface area contributed by atoms with Gasteiger partial charge in [0.05, 0.1) is 22.8 Å². The first-order chi connectivity index (χ1) is 17.7. The van der Waals surface area contributed by atoms with Gasteiger partial charge in [-0.1, -0.05) is 20.3 Å². The quantitative estimate of drug-likeness (QED) is 0.216. The van der Waals surface area contributed by atoms with Crippen LogP contribution in [0.3, 0.4) is 0 Å². The Hall–Kier alpha value is -2.80. The predicted molar refractivity (Wildman–Crippen MR) is 141 cm³/mol. The molecule has 0 saturated heterocycles. The Kier molecular flexibility index (Phi) is 10.2. The highest BCUT2D eigenvalue weighted by Gasteiger charge is 2.23. The van der Waals surface area contributed by atoms with Crippen LogP contribution in [0.4, 0.5) is 0 Å². The molecule has 0 saturated carbocycles. The van der Waals surface area contributed by atoms with Gasteiger partial charge in [-0.15, -0.1) is 0 Å². The number of sulfonamides is 1. The minimum Gasteiger partial charge on any atom is -0.493 e. The van der Waals surface area contributed by atoms with Gasteiger partial charge in [0.15, 0.2) is 5.52 Å². The number of hydrogen-bond donors (Lipinski definition) is 4. The maximum absolute atomic E-state index is 13.3. The van der Waals surface area contributed by atoms with Crippen LogP contribution in [0.15, 0.2) is 27.9 Å². The average molecular weight is 536 g/mol. The summed E-state index contributed by atoms with van der Waals surface area (Å²) in [5, 5.41) is 22.9. The summed E-state index contributed by atoms with van der Waals surface area (Å²) in [6.45, 7) is 4.23. The van der Waals surface area contributed by atoms with Gasteiger partial charge in [0.25, 0.3) is 5.56 Å². The summed E-state index contributed by atoms with van der Waals surface area (Å²) in [4.78, 5) is 20.4. The van der Waals surface area contributed by atoms with Crippen LogP contribution in [0.25, 0.3) is 22.4 Å². The van der Waals surface area contributed by atoms with E-state index in [0.29, 0.717) is 60.3 Å². The molecule has 1 atom stereocenters. The third-order valence-corrected chi connectivity index (χ3v) is 7.51. The van der Waals surface area contributed by atoms with E-state index in [1.54, 1.807) is 13.1 Å². The molecule has 0 aliphatic carbocycles. The number of aliphatic hydroxyl groups is 2. The molecular formula is C25H37N5O6S. The number of unbranched alkanes of at least 4 members (excludes halogenated alkanes) is 1. The van der Waals surface area contributed by atoms with Gasteiger partial charge in [-0.2, -0.15) is 5.10 Å². The van der Waals surface area contributed by atoms with Crippen LogP contribution in [0.5, 0.6) is 5.75 Å². The van der Waals surface area contributed by atoms with Gasteiger partial charge in [-0.3, -0.25) is 9.48 Å². The molecule has 2 aromatic heterocycles. The van der Waals surface area contributed by atoms with Crippen LogP contribution < -0.4 is 15.0 Å². The fourth-order valence-corrected chi connectivity index (χ4v) is 5.52. The van der Waals surface area contributed by atoms with Crippen molar-refractivity contribution in [2.75, 3.05) is 19.8 Å². The van der Waals surface area contributed by atoms with Crippen molar-refractivity contribution in [2.24, 2.45) is 7.05 Å². The zero-order chi connectivity index (χ0) is 27.0. The monoisotopic (exact) mass is 535 g/mol. The number of nitrogens with one attached hydrogen (secondary N) is 2. The SMILES string of the molecule is CCCOc1ccc(S(=O)(=O)NC(CCO)CCCCO)cc1-c1nc2c(CCC)nn(C)c2c(=O)[nH]1. The largest absolute Gasteiger partial charge is 0.493 e. The first-order valence-corrected chi connectivity index (χ1v) is 14.2. The summed E-state index contributed by atoms with van der Waals surface area (Å²) in [5.41, 5.74) is 1.49. The molecule has 37 heavy (non-hydrogen) atoms.